The Bertz CT molecular complexity index is 350. The van der Waals surface area contributed by atoms with Crippen LogP contribution in [0.5, 0.6) is 0 Å². The van der Waals surface area contributed by atoms with Gasteiger partial charge >= 0.3 is 0 Å². The van der Waals surface area contributed by atoms with Crippen molar-refractivity contribution in [3.8, 4) is 0 Å². The molecule has 1 aromatic rings. The molecule has 0 saturated heterocycles. The summed E-state index contributed by atoms with van der Waals surface area (Å²) in [7, 11) is 1.70. The average Bonchev–Trinajstić information content (AvgIpc) is 2.30. The number of rotatable bonds is 6. The fourth-order valence-electron chi connectivity index (χ4n) is 1.62. The molecule has 0 heterocycles. The number of methoxy groups -OCH3 is 1. The van der Waals surface area contributed by atoms with E-state index in [1.807, 2.05) is 25.1 Å². The monoisotopic (exact) mass is 220 g/mol. The molecule has 88 valence electrons. The summed E-state index contributed by atoms with van der Waals surface area (Å²) in [6.45, 7) is 4.15. The van der Waals surface area contributed by atoms with Crippen molar-refractivity contribution in [3.63, 3.8) is 0 Å². The molecular formula is C13H20N2O. The van der Waals surface area contributed by atoms with E-state index in [1.54, 1.807) is 7.11 Å². The van der Waals surface area contributed by atoms with Gasteiger partial charge in [0.15, 0.2) is 0 Å². The van der Waals surface area contributed by atoms with Gasteiger partial charge in [0, 0.05) is 24.6 Å². The Kier molecular flexibility index (Phi) is 4.99. The third-order valence-corrected chi connectivity index (χ3v) is 2.51. The van der Waals surface area contributed by atoms with Crippen LogP contribution in [0, 0.1) is 12.3 Å². The first-order valence-electron chi connectivity index (χ1n) is 5.61. The van der Waals surface area contributed by atoms with E-state index in [0.29, 0.717) is 0 Å². The molecule has 0 radical (unpaired) electrons. The molecule has 1 unspecified atom stereocenters. The lowest BCUT2D eigenvalue weighted by molar-refractivity contribution is 0.117. The second kappa shape index (κ2) is 6.28. The first-order valence-corrected chi connectivity index (χ1v) is 5.61. The molecule has 16 heavy (non-hydrogen) atoms. The van der Waals surface area contributed by atoms with E-state index in [2.05, 4.69) is 12.2 Å². The van der Waals surface area contributed by atoms with E-state index in [0.717, 1.165) is 29.7 Å². The highest BCUT2D eigenvalue weighted by Gasteiger charge is 2.07. The van der Waals surface area contributed by atoms with Gasteiger partial charge < -0.3 is 15.5 Å². The van der Waals surface area contributed by atoms with Crippen LogP contribution in [-0.4, -0.2) is 19.6 Å². The quantitative estimate of drug-likeness (QED) is 0.571. The van der Waals surface area contributed by atoms with Gasteiger partial charge in [0.25, 0.3) is 0 Å². The topological polar surface area (TPSA) is 45.1 Å². The fourth-order valence-corrected chi connectivity index (χ4v) is 1.62. The van der Waals surface area contributed by atoms with Crippen molar-refractivity contribution in [1.82, 2.24) is 0 Å². The van der Waals surface area contributed by atoms with Crippen molar-refractivity contribution in [2.24, 2.45) is 0 Å². The Morgan fingerprint density at radius 2 is 2.25 bits per heavy atom. The number of aryl methyl sites for hydroxylation is 1. The molecular weight excluding hydrogens is 200 g/mol. The average molecular weight is 220 g/mol. The standard InChI is InChI=1S/C13H20N2O/c1-4-5-13(16-3)15-12-7-6-10(2)8-11(12)9-14/h6-9,13-15H,4-5H2,1-3H3. The summed E-state index contributed by atoms with van der Waals surface area (Å²) in [5, 5.41) is 10.7. The lowest BCUT2D eigenvalue weighted by Gasteiger charge is -2.19. The second-order valence-electron chi connectivity index (χ2n) is 3.89. The predicted molar refractivity (Wildman–Crippen MR) is 68.4 cm³/mol. The molecule has 0 aliphatic heterocycles. The molecule has 0 bridgehead atoms. The van der Waals surface area contributed by atoms with Crippen molar-refractivity contribution in [1.29, 1.82) is 5.41 Å². The number of hydrogen-bond acceptors (Lipinski definition) is 3. The first kappa shape index (κ1) is 12.7. The van der Waals surface area contributed by atoms with Crippen molar-refractivity contribution in [2.45, 2.75) is 32.9 Å². The van der Waals surface area contributed by atoms with Crippen molar-refractivity contribution in [2.75, 3.05) is 12.4 Å². The van der Waals surface area contributed by atoms with E-state index in [4.69, 9.17) is 10.1 Å². The Morgan fingerprint density at radius 3 is 2.81 bits per heavy atom. The molecule has 2 N–H and O–H groups in total. The molecule has 0 saturated carbocycles. The highest BCUT2D eigenvalue weighted by atomic mass is 16.5. The van der Waals surface area contributed by atoms with Gasteiger partial charge in [-0.1, -0.05) is 25.0 Å². The summed E-state index contributed by atoms with van der Waals surface area (Å²) in [5.74, 6) is 0. The van der Waals surface area contributed by atoms with Crippen LogP contribution in [0.25, 0.3) is 0 Å². The van der Waals surface area contributed by atoms with Crippen molar-refractivity contribution in [3.05, 3.63) is 29.3 Å². The summed E-state index contributed by atoms with van der Waals surface area (Å²) < 4.78 is 5.34. The number of benzene rings is 1. The van der Waals surface area contributed by atoms with Crippen LogP contribution < -0.4 is 5.32 Å². The molecule has 1 atom stereocenters. The van der Waals surface area contributed by atoms with Gasteiger partial charge in [-0.2, -0.15) is 0 Å². The SMILES string of the molecule is CCCC(Nc1ccc(C)cc1C=N)OC. The Balaban J connectivity index is 2.82. The zero-order valence-corrected chi connectivity index (χ0v) is 10.2. The van der Waals surface area contributed by atoms with Gasteiger partial charge in [-0.15, -0.1) is 0 Å². The van der Waals surface area contributed by atoms with E-state index >= 15 is 0 Å². The molecule has 0 aliphatic carbocycles. The summed E-state index contributed by atoms with van der Waals surface area (Å²) >= 11 is 0. The minimum absolute atomic E-state index is 0.0198. The third-order valence-electron chi connectivity index (χ3n) is 2.51. The van der Waals surface area contributed by atoms with E-state index in [9.17, 15) is 0 Å². The first-order chi connectivity index (χ1) is 7.71. The Labute approximate surface area is 97.3 Å². The van der Waals surface area contributed by atoms with Gasteiger partial charge in [-0.3, -0.25) is 0 Å². The van der Waals surface area contributed by atoms with Crippen LogP contribution in [0.1, 0.15) is 30.9 Å². The summed E-state index contributed by atoms with van der Waals surface area (Å²) in [4.78, 5) is 0. The lowest BCUT2D eigenvalue weighted by Crippen LogP contribution is -2.21. The van der Waals surface area contributed by atoms with E-state index < -0.39 is 0 Å². The maximum absolute atomic E-state index is 7.38. The van der Waals surface area contributed by atoms with Crippen LogP contribution in [0.3, 0.4) is 0 Å². The van der Waals surface area contributed by atoms with Crippen LogP contribution >= 0.6 is 0 Å². The highest BCUT2D eigenvalue weighted by Crippen LogP contribution is 2.17. The van der Waals surface area contributed by atoms with Crippen LogP contribution in [0.4, 0.5) is 5.69 Å². The number of ether oxygens (including phenoxy) is 1. The zero-order valence-electron chi connectivity index (χ0n) is 10.2. The molecule has 3 nitrogen and oxygen atoms in total. The molecule has 0 fully saturated rings. The molecule has 1 aromatic carbocycles. The molecule has 0 amide bonds. The van der Waals surface area contributed by atoms with Gasteiger partial charge in [0.05, 0.1) is 0 Å². The molecule has 0 aromatic heterocycles. The minimum atomic E-state index is 0.0198. The fraction of sp³-hybridized carbons (Fsp3) is 0.462. The predicted octanol–water partition coefficient (Wildman–Crippen LogP) is 3.18. The van der Waals surface area contributed by atoms with E-state index in [-0.39, 0.29) is 6.23 Å². The molecule has 3 heteroatoms. The summed E-state index contributed by atoms with van der Waals surface area (Å²) in [5.41, 5.74) is 3.02. The van der Waals surface area contributed by atoms with Crippen LogP contribution in [0.15, 0.2) is 18.2 Å². The Hall–Kier alpha value is -1.35. The lowest BCUT2D eigenvalue weighted by atomic mass is 10.1. The Morgan fingerprint density at radius 1 is 1.50 bits per heavy atom. The van der Waals surface area contributed by atoms with Gasteiger partial charge in [-0.05, 0) is 25.5 Å². The normalized spacial score (nSPS) is 12.2. The number of nitrogens with one attached hydrogen (secondary N) is 2. The maximum atomic E-state index is 7.38. The molecule has 1 rings (SSSR count). The number of anilines is 1. The van der Waals surface area contributed by atoms with Crippen molar-refractivity contribution < 1.29 is 4.74 Å². The summed E-state index contributed by atoms with van der Waals surface area (Å²) in [6, 6.07) is 6.03. The molecule has 0 spiro atoms. The highest BCUT2D eigenvalue weighted by molar-refractivity contribution is 5.86. The molecule has 0 aliphatic rings. The smallest absolute Gasteiger partial charge is 0.127 e. The second-order valence-corrected chi connectivity index (χ2v) is 3.89. The maximum Gasteiger partial charge on any atom is 0.127 e. The van der Waals surface area contributed by atoms with Crippen LogP contribution in [0.2, 0.25) is 0 Å². The largest absolute Gasteiger partial charge is 0.362 e. The summed E-state index contributed by atoms with van der Waals surface area (Å²) in [6.07, 6.45) is 3.42. The van der Waals surface area contributed by atoms with Gasteiger partial charge in [0.2, 0.25) is 0 Å². The van der Waals surface area contributed by atoms with Gasteiger partial charge in [-0.25, -0.2) is 0 Å². The van der Waals surface area contributed by atoms with Crippen LogP contribution in [-0.2, 0) is 4.74 Å². The van der Waals surface area contributed by atoms with Gasteiger partial charge in [0.1, 0.15) is 6.23 Å². The number of hydrogen-bond donors (Lipinski definition) is 2. The van der Waals surface area contributed by atoms with E-state index in [1.165, 1.54) is 6.21 Å². The van der Waals surface area contributed by atoms with Crippen molar-refractivity contribution >= 4 is 11.9 Å². The minimum Gasteiger partial charge on any atom is -0.362 e. The zero-order chi connectivity index (χ0) is 12.0. The third kappa shape index (κ3) is 3.35.